The van der Waals surface area contributed by atoms with Crippen LogP contribution in [0.3, 0.4) is 0 Å². The first kappa shape index (κ1) is 20.6. The van der Waals surface area contributed by atoms with E-state index in [-0.39, 0.29) is 11.8 Å². The zero-order valence-electron chi connectivity index (χ0n) is 16.3. The number of pyridine rings is 2. The average molecular weight is 410 g/mol. The maximum Gasteiger partial charge on any atom is 0.151 e. The van der Waals surface area contributed by atoms with E-state index in [2.05, 4.69) is 15.4 Å². The summed E-state index contributed by atoms with van der Waals surface area (Å²) in [4.78, 5) is 8.45. The average Bonchev–Trinajstić information content (AvgIpc) is 2.73. The first-order chi connectivity index (χ1) is 14.0. The van der Waals surface area contributed by atoms with Crippen LogP contribution < -0.4 is 16.0 Å². The number of hydrogen-bond acceptors (Lipinski definition) is 8. The second-order valence-electron chi connectivity index (χ2n) is 6.49. The Kier molecular flexibility index (Phi) is 7.04. The molecule has 0 amide bonds. The third-order valence-corrected chi connectivity index (χ3v) is 4.47. The van der Waals surface area contributed by atoms with Crippen molar-refractivity contribution in [2.24, 2.45) is 0 Å². The first-order valence-electron chi connectivity index (χ1n) is 9.09. The highest BCUT2D eigenvalue weighted by molar-refractivity contribution is 7.93. The van der Waals surface area contributed by atoms with Crippen LogP contribution in [0.2, 0.25) is 0 Å². The molecule has 0 radical (unpaired) electrons. The molecule has 1 aromatic carbocycles. The van der Waals surface area contributed by atoms with Gasteiger partial charge in [0, 0.05) is 41.3 Å². The van der Waals surface area contributed by atoms with Crippen LogP contribution >= 0.6 is 12.0 Å². The van der Waals surface area contributed by atoms with Crippen molar-refractivity contribution in [3.05, 3.63) is 77.7 Å². The molecular formula is C21H23N5O2S. The minimum atomic E-state index is 0.0399. The zero-order valence-corrected chi connectivity index (χ0v) is 17.1. The predicted molar refractivity (Wildman–Crippen MR) is 117 cm³/mol. The highest BCUT2D eigenvalue weighted by Crippen LogP contribution is 2.24. The molecule has 0 aliphatic heterocycles. The monoisotopic (exact) mass is 409 g/mol. The molecule has 0 bridgehead atoms. The van der Waals surface area contributed by atoms with Gasteiger partial charge in [-0.05, 0) is 56.3 Å². The van der Waals surface area contributed by atoms with Crippen LogP contribution in [0, 0.1) is 5.41 Å². The van der Waals surface area contributed by atoms with Crippen LogP contribution in [0.15, 0.2) is 60.9 Å². The van der Waals surface area contributed by atoms with Crippen LogP contribution in [0.1, 0.15) is 30.7 Å². The van der Waals surface area contributed by atoms with E-state index in [9.17, 15) is 0 Å². The summed E-state index contributed by atoms with van der Waals surface area (Å²) >= 11 is 1.22. The molecule has 8 heteroatoms. The van der Waals surface area contributed by atoms with Gasteiger partial charge >= 0.3 is 0 Å². The Morgan fingerprint density at radius 3 is 2.76 bits per heavy atom. The number of ether oxygens (including phenoxy) is 1. The number of anilines is 2. The van der Waals surface area contributed by atoms with Crippen molar-refractivity contribution in [1.29, 1.82) is 5.41 Å². The minimum Gasteiger partial charge on any atom is -0.491 e. The normalized spacial score (nSPS) is 10.7. The van der Waals surface area contributed by atoms with Gasteiger partial charge in [0.15, 0.2) is 5.82 Å². The number of rotatable bonds is 9. The highest BCUT2D eigenvalue weighted by atomic mass is 32.2. The van der Waals surface area contributed by atoms with E-state index in [4.69, 9.17) is 20.2 Å². The van der Waals surface area contributed by atoms with Gasteiger partial charge in [-0.25, -0.2) is 14.7 Å². The summed E-state index contributed by atoms with van der Waals surface area (Å²) in [6.45, 7) is 3.90. The van der Waals surface area contributed by atoms with Crippen molar-refractivity contribution in [2.75, 3.05) is 11.2 Å². The Bertz CT molecular complexity index is 966. The summed E-state index contributed by atoms with van der Waals surface area (Å²) < 4.78 is 11.1. The van der Waals surface area contributed by atoms with Crippen LogP contribution in [0.5, 0.6) is 5.75 Å². The number of benzene rings is 1. The van der Waals surface area contributed by atoms with E-state index in [1.54, 1.807) is 42.7 Å². The molecule has 0 fully saturated rings. The van der Waals surface area contributed by atoms with Crippen LogP contribution in [0.4, 0.5) is 11.5 Å². The summed E-state index contributed by atoms with van der Waals surface area (Å²) in [6.07, 6.45) is 3.40. The molecule has 7 nitrogen and oxygen atoms in total. The fourth-order valence-electron chi connectivity index (χ4n) is 2.54. The minimum absolute atomic E-state index is 0.0399. The largest absolute Gasteiger partial charge is 0.491 e. The first-order valence-corrected chi connectivity index (χ1v) is 10.00. The lowest BCUT2D eigenvalue weighted by atomic mass is 10.0. The molecule has 0 atom stereocenters. The SMILES string of the molecule is CC(C)Oc1ccc(N)c(C(=N)c2ccnc(NOSCc3ccccn3)c2)c1. The van der Waals surface area contributed by atoms with E-state index in [0.29, 0.717) is 34.1 Å². The van der Waals surface area contributed by atoms with E-state index >= 15 is 0 Å². The molecular weight excluding hydrogens is 386 g/mol. The standard InChI is InChI=1S/C21H23N5O2S/c1-14(2)27-17-6-7-19(22)18(12-17)21(23)15-8-10-25-20(11-15)26-28-29-13-16-5-3-4-9-24-16/h3-12,14,23H,13,22H2,1-2H3,(H,25,26). The van der Waals surface area contributed by atoms with E-state index < -0.39 is 0 Å². The lowest BCUT2D eigenvalue weighted by Crippen LogP contribution is -2.10. The zero-order chi connectivity index (χ0) is 20.6. The van der Waals surface area contributed by atoms with Crippen molar-refractivity contribution in [3.8, 4) is 5.75 Å². The molecule has 3 rings (SSSR count). The topological polar surface area (TPSA) is 106 Å². The molecule has 0 spiro atoms. The number of nitrogens with one attached hydrogen (secondary N) is 2. The van der Waals surface area contributed by atoms with E-state index in [0.717, 1.165) is 5.69 Å². The van der Waals surface area contributed by atoms with Gasteiger partial charge in [0.1, 0.15) is 5.75 Å². The van der Waals surface area contributed by atoms with Gasteiger partial charge in [0.2, 0.25) is 0 Å². The molecule has 0 aliphatic carbocycles. The molecule has 0 aliphatic rings. The Hall–Kier alpha value is -3.10. The Balaban J connectivity index is 1.65. The Morgan fingerprint density at radius 2 is 2.00 bits per heavy atom. The molecule has 2 aromatic heterocycles. The van der Waals surface area contributed by atoms with Crippen molar-refractivity contribution < 1.29 is 9.02 Å². The summed E-state index contributed by atoms with van der Waals surface area (Å²) in [7, 11) is 0. The van der Waals surface area contributed by atoms with Crippen molar-refractivity contribution >= 4 is 29.3 Å². The van der Waals surface area contributed by atoms with Crippen LogP contribution in [0.25, 0.3) is 0 Å². The van der Waals surface area contributed by atoms with Gasteiger partial charge in [-0.2, -0.15) is 0 Å². The summed E-state index contributed by atoms with van der Waals surface area (Å²) in [5.41, 5.74) is 11.9. The van der Waals surface area contributed by atoms with E-state index in [1.165, 1.54) is 12.0 Å². The van der Waals surface area contributed by atoms with Crippen molar-refractivity contribution in [3.63, 3.8) is 0 Å². The molecule has 4 N–H and O–H groups in total. The smallest absolute Gasteiger partial charge is 0.151 e. The quantitative estimate of drug-likeness (QED) is 0.158. The fraction of sp³-hybridized carbons (Fsp3) is 0.190. The number of aromatic nitrogens is 2. The van der Waals surface area contributed by atoms with E-state index in [1.807, 2.05) is 32.0 Å². The van der Waals surface area contributed by atoms with Gasteiger partial charge in [-0.1, -0.05) is 6.07 Å². The van der Waals surface area contributed by atoms with Crippen LogP contribution in [-0.4, -0.2) is 21.8 Å². The third-order valence-electron chi connectivity index (χ3n) is 3.85. The van der Waals surface area contributed by atoms with Gasteiger partial charge in [-0.3, -0.25) is 10.4 Å². The maximum absolute atomic E-state index is 8.57. The van der Waals surface area contributed by atoms with Crippen molar-refractivity contribution in [2.45, 2.75) is 25.7 Å². The Labute approximate surface area is 174 Å². The predicted octanol–water partition coefficient (Wildman–Crippen LogP) is 4.45. The molecule has 29 heavy (non-hydrogen) atoms. The summed E-state index contributed by atoms with van der Waals surface area (Å²) in [5.74, 6) is 1.77. The summed E-state index contributed by atoms with van der Waals surface area (Å²) in [6, 6.07) is 14.6. The molecule has 0 saturated heterocycles. The summed E-state index contributed by atoms with van der Waals surface area (Å²) in [5, 5.41) is 8.57. The Morgan fingerprint density at radius 1 is 1.14 bits per heavy atom. The van der Waals surface area contributed by atoms with Gasteiger partial charge in [-0.15, -0.1) is 0 Å². The third kappa shape index (κ3) is 5.94. The molecule has 0 saturated carbocycles. The second kappa shape index (κ2) is 9.90. The molecule has 150 valence electrons. The van der Waals surface area contributed by atoms with Gasteiger partial charge in [0.25, 0.3) is 0 Å². The lowest BCUT2D eigenvalue weighted by Gasteiger charge is -2.14. The number of hydrogen-bond donors (Lipinski definition) is 3. The second-order valence-corrected chi connectivity index (χ2v) is 7.18. The highest BCUT2D eigenvalue weighted by Gasteiger charge is 2.12. The lowest BCUT2D eigenvalue weighted by molar-refractivity contribution is 0.242. The number of nitrogens with zero attached hydrogens (tertiary/aromatic N) is 2. The molecule has 3 aromatic rings. The molecule has 0 unspecified atom stereocenters. The maximum atomic E-state index is 8.57. The van der Waals surface area contributed by atoms with Gasteiger partial charge in [0.05, 0.1) is 23.3 Å². The fourth-order valence-corrected chi connectivity index (χ4v) is 3.03. The number of nitrogen functional groups attached to an aromatic ring is 1. The number of nitrogens with two attached hydrogens (primary N) is 1. The molecule has 2 heterocycles. The van der Waals surface area contributed by atoms with Gasteiger partial charge < -0.3 is 10.5 Å². The van der Waals surface area contributed by atoms with Crippen molar-refractivity contribution in [1.82, 2.24) is 9.97 Å². The van der Waals surface area contributed by atoms with Crippen LogP contribution in [-0.2, 0) is 10.0 Å².